The topological polar surface area (TPSA) is 355 Å². The molecule has 1 aromatic heterocycles. The largest absolute Gasteiger partial charge is 1.00 e. The van der Waals surface area contributed by atoms with E-state index >= 15 is 0 Å². The van der Waals surface area contributed by atoms with Crippen molar-refractivity contribution in [3.8, 4) is 0 Å². The van der Waals surface area contributed by atoms with Gasteiger partial charge in [0, 0.05) is 49.6 Å². The van der Waals surface area contributed by atoms with E-state index in [4.69, 9.17) is 4.74 Å². The van der Waals surface area contributed by atoms with Crippen LogP contribution in [0.1, 0.15) is 69.6 Å². The number of fused-ring (bicyclic) bond motifs is 1. The molecular formula is C28H41Li4N6O17P3S. The number of aromatic nitrogens is 2. The first-order valence-electron chi connectivity index (χ1n) is 17.1. The van der Waals surface area contributed by atoms with Crippen LogP contribution < -0.4 is 128 Å². The van der Waals surface area contributed by atoms with Gasteiger partial charge >= 0.3 is 87.2 Å². The molecule has 4 heterocycles. The fourth-order valence-electron chi connectivity index (χ4n) is 5.94. The third kappa shape index (κ3) is 20.4. The molecule has 4 amide bonds. The Morgan fingerprint density at radius 1 is 0.932 bits per heavy atom. The molecule has 31 heteroatoms. The molecule has 1 aromatic rings. The van der Waals surface area contributed by atoms with Crippen LogP contribution in [-0.4, -0.2) is 87.5 Å². The number of amides is 4. The Balaban J connectivity index is 0.00000841. The molecule has 6 N–H and O–H groups in total. The van der Waals surface area contributed by atoms with Crippen molar-refractivity contribution >= 4 is 59.2 Å². The fraction of sp³-hybridized carbons (Fsp3) is 0.679. The molecule has 310 valence electrons. The summed E-state index contributed by atoms with van der Waals surface area (Å²) in [6.07, 6.45) is 4.55. The molecule has 2 unspecified atom stereocenters. The van der Waals surface area contributed by atoms with E-state index in [1.165, 1.54) is 12.2 Å². The summed E-state index contributed by atoms with van der Waals surface area (Å²) in [4.78, 5) is 107. The first-order chi connectivity index (χ1) is 25.8. The fourth-order valence-corrected chi connectivity index (χ4v) is 10.4. The Bertz CT molecular complexity index is 1840. The molecule has 3 aliphatic heterocycles. The average molecular weight is 886 g/mol. The van der Waals surface area contributed by atoms with Gasteiger partial charge in [-0.3, -0.25) is 37.4 Å². The van der Waals surface area contributed by atoms with Crippen molar-refractivity contribution in [3.05, 3.63) is 38.7 Å². The number of nitrogens with one attached hydrogen (secondary N) is 5. The van der Waals surface area contributed by atoms with Crippen LogP contribution in [0.2, 0.25) is 0 Å². The van der Waals surface area contributed by atoms with Gasteiger partial charge in [-0.2, -0.15) is 11.8 Å². The molecule has 3 saturated heterocycles. The normalized spacial score (nSPS) is 24.1. The summed E-state index contributed by atoms with van der Waals surface area (Å²) in [6, 6.07) is 0.223. The van der Waals surface area contributed by atoms with Crippen molar-refractivity contribution in [2.45, 2.75) is 93.6 Å². The molecule has 8 atom stereocenters. The zero-order chi connectivity index (χ0) is 40.4. The first kappa shape index (κ1) is 58.7. The minimum Gasteiger partial charge on any atom is -0.790 e. The van der Waals surface area contributed by atoms with Crippen LogP contribution in [0.4, 0.5) is 4.79 Å². The zero-order valence-electron chi connectivity index (χ0n) is 33.1. The minimum atomic E-state index is -6.20. The first-order valence-corrected chi connectivity index (χ1v) is 22.5. The number of urea groups is 1. The second kappa shape index (κ2) is 27.1. The van der Waals surface area contributed by atoms with Gasteiger partial charge in [0.25, 0.3) is 21.2 Å². The second-order valence-corrected chi connectivity index (χ2v) is 18.2. The van der Waals surface area contributed by atoms with Gasteiger partial charge in [0.05, 0.1) is 38.2 Å². The molecular weight excluding hydrogens is 845 g/mol. The number of aliphatic hydroxyl groups is 1. The van der Waals surface area contributed by atoms with Crippen LogP contribution in [0.25, 0.3) is 6.08 Å². The summed E-state index contributed by atoms with van der Waals surface area (Å²) in [7, 11) is -18.2. The average Bonchev–Trinajstić information content (AvgIpc) is 3.74. The van der Waals surface area contributed by atoms with Gasteiger partial charge in [0.2, 0.25) is 11.8 Å². The molecule has 0 spiro atoms. The number of aliphatic hydroxyl groups excluding tert-OH is 1. The van der Waals surface area contributed by atoms with Gasteiger partial charge in [0.15, 0.2) is 0 Å². The number of hydrogen-bond donors (Lipinski definition) is 6. The van der Waals surface area contributed by atoms with E-state index in [9.17, 15) is 62.3 Å². The Kier molecular flexibility index (Phi) is 27.0. The molecule has 3 fully saturated rings. The summed E-state index contributed by atoms with van der Waals surface area (Å²) in [5.41, 5.74) is -1.79. The summed E-state index contributed by atoms with van der Waals surface area (Å²) < 4.78 is 50.7. The van der Waals surface area contributed by atoms with Crippen molar-refractivity contribution in [3.63, 3.8) is 0 Å². The Labute approximate surface area is 391 Å². The molecule has 0 bridgehead atoms. The van der Waals surface area contributed by atoms with E-state index in [0.29, 0.717) is 37.5 Å². The number of ether oxygens (including phenoxy) is 1. The number of hydrogen-bond acceptors (Lipinski definition) is 18. The monoisotopic (exact) mass is 886 g/mol. The number of phosphoric ester groups is 1. The van der Waals surface area contributed by atoms with Crippen molar-refractivity contribution < 1.29 is 146 Å². The van der Waals surface area contributed by atoms with Crippen molar-refractivity contribution in [1.29, 1.82) is 0 Å². The third-order valence-corrected chi connectivity index (χ3v) is 13.7. The predicted octanol–water partition coefficient (Wildman–Crippen LogP) is -14.5. The second-order valence-electron chi connectivity index (χ2n) is 12.7. The maximum Gasteiger partial charge on any atom is 1.00 e. The maximum absolute atomic E-state index is 12.5. The summed E-state index contributed by atoms with van der Waals surface area (Å²) in [5.74, 6) is 0.629. The molecule has 23 nitrogen and oxygen atoms in total. The van der Waals surface area contributed by atoms with Gasteiger partial charge < -0.3 is 59.8 Å². The van der Waals surface area contributed by atoms with Crippen molar-refractivity contribution in [2.24, 2.45) is 0 Å². The number of carbonyl (C=O) groups excluding carboxylic acids is 3. The minimum absolute atomic E-state index is 0. The Morgan fingerprint density at radius 3 is 2.27 bits per heavy atom. The number of rotatable bonds is 22. The molecule has 0 radical (unpaired) electrons. The summed E-state index contributed by atoms with van der Waals surface area (Å²) >= 11 is 1.84. The number of carbonyl (C=O) groups is 3. The van der Waals surface area contributed by atoms with Gasteiger partial charge in [-0.05, 0) is 25.7 Å². The van der Waals surface area contributed by atoms with Crippen LogP contribution in [0.5, 0.6) is 0 Å². The van der Waals surface area contributed by atoms with Gasteiger partial charge in [0.1, 0.15) is 12.3 Å². The van der Waals surface area contributed by atoms with Gasteiger partial charge in [-0.15, -0.1) is 0 Å². The Hall–Kier alpha value is -0.300. The summed E-state index contributed by atoms with van der Waals surface area (Å²) in [5, 5.41) is 22.1. The number of H-pyrrole nitrogens is 1. The molecule has 0 saturated carbocycles. The summed E-state index contributed by atoms with van der Waals surface area (Å²) in [6.45, 7) is -0.535. The molecule has 0 aliphatic carbocycles. The molecule has 3 aliphatic rings. The van der Waals surface area contributed by atoms with Crippen molar-refractivity contribution in [2.75, 3.05) is 25.4 Å². The van der Waals surface area contributed by atoms with Crippen LogP contribution in [-0.2, 0) is 41.2 Å². The quantitative estimate of drug-likeness (QED) is 0.0272. The van der Waals surface area contributed by atoms with E-state index < -0.39 is 59.8 Å². The van der Waals surface area contributed by atoms with Crippen LogP contribution in [0.3, 0.4) is 0 Å². The number of aromatic amines is 1. The van der Waals surface area contributed by atoms with E-state index in [1.807, 2.05) is 11.8 Å². The SMILES string of the molecule is O=C(CCCCCNC(=O)CCCC[C@@H]1SC[C@@H]2NC(=O)N[C@@H]21)NC/C=C/c1cn([C@H]2C[C@H](O)[C@@H](COP(=O)([O-])OP(=O)([O-])OP(=O)([O-])[O-])O2)c(=O)[nH]c1=O.[Li+].[Li+].[Li+].[Li+]. The predicted molar refractivity (Wildman–Crippen MR) is 184 cm³/mol. The van der Waals surface area contributed by atoms with Gasteiger partial charge in [-0.25, -0.2) is 13.9 Å². The van der Waals surface area contributed by atoms with Crippen LogP contribution >= 0.6 is 35.2 Å². The molecule has 59 heavy (non-hydrogen) atoms. The third-order valence-electron chi connectivity index (χ3n) is 8.50. The van der Waals surface area contributed by atoms with E-state index in [2.05, 4.69) is 39.4 Å². The van der Waals surface area contributed by atoms with Crippen molar-refractivity contribution in [1.82, 2.24) is 30.8 Å². The maximum atomic E-state index is 12.5. The van der Waals surface area contributed by atoms with E-state index in [1.54, 1.807) is 0 Å². The van der Waals surface area contributed by atoms with E-state index in [0.717, 1.165) is 35.8 Å². The Morgan fingerprint density at radius 2 is 1.59 bits per heavy atom. The van der Waals surface area contributed by atoms with E-state index in [-0.39, 0.29) is 130 Å². The standard InChI is InChI=1S/C28H45N6O17P3S.4Li/c35-19-13-24(49-20(19)15-48-53(44,45)51-54(46,47)50-52(41,42)43)34-14-17(26(38)33-28(34)40)7-6-12-30-22(36)9-2-1-5-11-29-23(37)10-4-3-8-21-25-18(16-55-21)31-27(39)32-25;;;;/h6-7,14,18-21,24-25,35H,1-5,8-13,15-16H2,(H,29,37)(H,30,36)(H,44,45)(H,46,47)(H2,31,32,39)(H,33,38,40)(H2,41,42,43);;;;/q;4*+1/p-4/b7-6+;;;;/t18-,19-,20+,21-,24+,25-;;;;/m0..../s1. The number of phosphoric acid groups is 3. The zero-order valence-corrected chi connectivity index (χ0v) is 36.6. The number of unbranched alkanes of at least 4 members (excludes halogenated alkanes) is 3. The molecule has 0 aromatic carbocycles. The molecule has 4 rings (SSSR count). The number of thioether (sulfide) groups is 1. The van der Waals surface area contributed by atoms with Gasteiger partial charge in [-0.1, -0.05) is 25.0 Å². The van der Waals surface area contributed by atoms with Crippen LogP contribution in [0.15, 0.2) is 21.9 Å². The van der Waals surface area contributed by atoms with Crippen LogP contribution in [0, 0.1) is 0 Å². The smallest absolute Gasteiger partial charge is 0.790 e. The number of nitrogens with zero attached hydrogens (tertiary/aromatic N) is 1.